The van der Waals surface area contributed by atoms with Crippen LogP contribution in [0.4, 0.5) is 5.82 Å². The van der Waals surface area contributed by atoms with E-state index in [1.165, 1.54) is 11.1 Å². The number of nitrogens with zero attached hydrogens (tertiary/aromatic N) is 5. The van der Waals surface area contributed by atoms with E-state index in [9.17, 15) is 0 Å². The van der Waals surface area contributed by atoms with Crippen LogP contribution in [0.3, 0.4) is 0 Å². The molecular formula is C23H26N8. The van der Waals surface area contributed by atoms with Gasteiger partial charge in [-0.05, 0) is 49.3 Å². The molecule has 1 saturated heterocycles. The largest absolute Gasteiger partial charge is 0.353 e. The maximum Gasteiger partial charge on any atom is 0.181 e. The Hall–Kier alpha value is -3.23. The summed E-state index contributed by atoms with van der Waals surface area (Å²) in [6.07, 6.45) is 7.10. The van der Waals surface area contributed by atoms with Crippen LogP contribution < -0.4 is 10.2 Å². The van der Waals surface area contributed by atoms with E-state index in [-0.39, 0.29) is 0 Å². The molecule has 0 radical (unpaired) electrons. The first-order chi connectivity index (χ1) is 15.3. The third-order valence-corrected chi connectivity index (χ3v) is 6.44. The summed E-state index contributed by atoms with van der Waals surface area (Å²) < 4.78 is 0. The van der Waals surface area contributed by atoms with Gasteiger partial charge < -0.3 is 20.1 Å². The molecule has 31 heavy (non-hydrogen) atoms. The van der Waals surface area contributed by atoms with E-state index in [1.54, 1.807) is 0 Å². The Morgan fingerprint density at radius 2 is 1.94 bits per heavy atom. The number of piperazine rings is 1. The van der Waals surface area contributed by atoms with E-state index in [0.29, 0.717) is 0 Å². The molecule has 0 amide bonds. The molecule has 0 saturated carbocycles. The summed E-state index contributed by atoms with van der Waals surface area (Å²) >= 11 is 0. The minimum absolute atomic E-state index is 0.740. The number of hydrogen-bond acceptors (Lipinski definition) is 6. The van der Waals surface area contributed by atoms with Gasteiger partial charge in [0.05, 0.1) is 16.9 Å². The standard InChI is InChI=1S/C23H26N8/c1-30-8-10-31(11-9-30)23-17-13-20(27-19(17)4-7-25-23)21-18-12-16(14-26-22(18)29-28-21)15-2-5-24-6-3-15/h2,4,7,12-14,24,27H,3,5-6,8-11H2,1H3,(H,26,28,29). The number of rotatable bonds is 3. The number of aromatic nitrogens is 5. The predicted molar refractivity (Wildman–Crippen MR) is 124 cm³/mol. The van der Waals surface area contributed by atoms with Gasteiger partial charge in [0.2, 0.25) is 0 Å². The highest BCUT2D eigenvalue weighted by molar-refractivity contribution is 5.98. The minimum atomic E-state index is 0.740. The summed E-state index contributed by atoms with van der Waals surface area (Å²) in [6.45, 7) is 6.02. The number of aromatic amines is 2. The van der Waals surface area contributed by atoms with Crippen LogP contribution in [-0.4, -0.2) is 76.4 Å². The van der Waals surface area contributed by atoms with Crippen molar-refractivity contribution in [2.45, 2.75) is 6.42 Å². The molecule has 3 N–H and O–H groups in total. The Balaban J connectivity index is 1.42. The average Bonchev–Trinajstić information content (AvgIpc) is 3.43. The van der Waals surface area contributed by atoms with Crippen molar-refractivity contribution in [2.24, 2.45) is 0 Å². The molecule has 0 bridgehead atoms. The van der Waals surface area contributed by atoms with Gasteiger partial charge in [0.25, 0.3) is 0 Å². The van der Waals surface area contributed by atoms with Crippen LogP contribution in [0, 0.1) is 0 Å². The molecule has 158 valence electrons. The van der Waals surface area contributed by atoms with Gasteiger partial charge in [-0.3, -0.25) is 5.10 Å². The second kappa shape index (κ2) is 7.47. The van der Waals surface area contributed by atoms with Crippen molar-refractivity contribution in [3.8, 4) is 11.4 Å². The van der Waals surface area contributed by atoms with Gasteiger partial charge in [-0.2, -0.15) is 5.10 Å². The van der Waals surface area contributed by atoms with Crippen molar-refractivity contribution >= 4 is 33.3 Å². The summed E-state index contributed by atoms with van der Waals surface area (Å²) in [5.41, 5.74) is 6.33. The van der Waals surface area contributed by atoms with Gasteiger partial charge in [0.1, 0.15) is 5.82 Å². The molecule has 8 heteroatoms. The fraction of sp³-hybridized carbons (Fsp3) is 0.348. The van der Waals surface area contributed by atoms with Gasteiger partial charge in [0.15, 0.2) is 5.65 Å². The Labute approximate surface area is 180 Å². The topological polar surface area (TPSA) is 88.8 Å². The van der Waals surface area contributed by atoms with Crippen molar-refractivity contribution in [1.29, 1.82) is 0 Å². The third-order valence-electron chi connectivity index (χ3n) is 6.44. The molecule has 6 heterocycles. The summed E-state index contributed by atoms with van der Waals surface area (Å²) in [4.78, 5) is 17.7. The summed E-state index contributed by atoms with van der Waals surface area (Å²) in [7, 11) is 2.17. The number of nitrogens with one attached hydrogen (secondary N) is 3. The van der Waals surface area contributed by atoms with Gasteiger partial charge in [0, 0.05) is 55.9 Å². The molecule has 4 aromatic heterocycles. The lowest BCUT2D eigenvalue weighted by atomic mass is 10.0. The number of H-pyrrole nitrogens is 2. The summed E-state index contributed by atoms with van der Waals surface area (Å²) in [5, 5.41) is 13.2. The van der Waals surface area contributed by atoms with Crippen LogP contribution in [0.15, 0.2) is 36.7 Å². The zero-order valence-corrected chi connectivity index (χ0v) is 17.6. The Morgan fingerprint density at radius 1 is 1.03 bits per heavy atom. The first-order valence-corrected chi connectivity index (χ1v) is 10.9. The SMILES string of the molecule is CN1CCN(c2nccc3[nH]c(-c4[nH]nc5ncc(C6=CCNCC6)cc45)cc23)CC1. The Morgan fingerprint density at radius 3 is 2.77 bits per heavy atom. The van der Waals surface area contributed by atoms with Gasteiger partial charge in [-0.25, -0.2) is 9.97 Å². The Bertz CT molecular complexity index is 1280. The van der Waals surface area contributed by atoms with E-state index in [2.05, 4.69) is 60.5 Å². The number of anilines is 1. The lowest BCUT2D eigenvalue weighted by Gasteiger charge is -2.33. The molecule has 0 aromatic carbocycles. The van der Waals surface area contributed by atoms with E-state index in [0.717, 1.165) is 84.8 Å². The van der Waals surface area contributed by atoms with Crippen LogP contribution in [0.25, 0.3) is 38.9 Å². The molecule has 0 unspecified atom stereocenters. The summed E-state index contributed by atoms with van der Waals surface area (Å²) in [6, 6.07) is 6.45. The fourth-order valence-corrected chi connectivity index (χ4v) is 4.61. The molecular weight excluding hydrogens is 388 g/mol. The van der Waals surface area contributed by atoms with Crippen LogP contribution in [0.1, 0.15) is 12.0 Å². The van der Waals surface area contributed by atoms with Gasteiger partial charge in [-0.1, -0.05) is 6.08 Å². The van der Waals surface area contributed by atoms with E-state index < -0.39 is 0 Å². The normalized spacial score (nSPS) is 18.1. The zero-order chi connectivity index (χ0) is 20.8. The van der Waals surface area contributed by atoms with E-state index >= 15 is 0 Å². The average molecular weight is 415 g/mol. The third kappa shape index (κ3) is 3.28. The molecule has 4 aromatic rings. The summed E-state index contributed by atoms with van der Waals surface area (Å²) in [5.74, 6) is 1.05. The highest BCUT2D eigenvalue weighted by Gasteiger charge is 2.20. The molecule has 0 spiro atoms. The monoisotopic (exact) mass is 414 g/mol. The van der Waals surface area contributed by atoms with Crippen molar-refractivity contribution in [1.82, 2.24) is 35.4 Å². The second-order valence-electron chi connectivity index (χ2n) is 8.45. The molecule has 1 fully saturated rings. The minimum Gasteiger partial charge on any atom is -0.353 e. The van der Waals surface area contributed by atoms with Gasteiger partial charge >= 0.3 is 0 Å². The van der Waals surface area contributed by atoms with E-state index in [4.69, 9.17) is 4.98 Å². The van der Waals surface area contributed by atoms with Crippen LogP contribution in [0.2, 0.25) is 0 Å². The van der Waals surface area contributed by atoms with Crippen molar-refractivity contribution in [3.05, 3.63) is 42.2 Å². The van der Waals surface area contributed by atoms with Crippen molar-refractivity contribution < 1.29 is 0 Å². The van der Waals surface area contributed by atoms with Gasteiger partial charge in [-0.15, -0.1) is 0 Å². The number of fused-ring (bicyclic) bond motifs is 2. The van der Waals surface area contributed by atoms with Crippen molar-refractivity contribution in [3.63, 3.8) is 0 Å². The lowest BCUT2D eigenvalue weighted by molar-refractivity contribution is 0.312. The fourth-order valence-electron chi connectivity index (χ4n) is 4.61. The Kier molecular flexibility index (Phi) is 4.47. The zero-order valence-electron chi connectivity index (χ0n) is 17.6. The van der Waals surface area contributed by atoms with E-state index in [1.807, 2.05) is 18.5 Å². The quantitative estimate of drug-likeness (QED) is 0.478. The molecule has 8 nitrogen and oxygen atoms in total. The second-order valence-corrected chi connectivity index (χ2v) is 8.45. The van der Waals surface area contributed by atoms with Crippen molar-refractivity contribution in [2.75, 3.05) is 51.2 Å². The molecule has 6 rings (SSSR count). The molecule has 0 atom stereocenters. The van der Waals surface area contributed by atoms with Crippen LogP contribution in [-0.2, 0) is 0 Å². The number of likely N-dealkylation sites (N-methyl/N-ethyl adjacent to an activating group) is 1. The molecule has 2 aliphatic heterocycles. The first-order valence-electron chi connectivity index (χ1n) is 10.9. The maximum absolute atomic E-state index is 4.72. The smallest absolute Gasteiger partial charge is 0.181 e. The molecule has 0 aliphatic carbocycles. The number of pyridine rings is 2. The molecule has 2 aliphatic rings. The highest BCUT2D eigenvalue weighted by atomic mass is 15.3. The number of hydrogen-bond donors (Lipinski definition) is 3. The highest BCUT2D eigenvalue weighted by Crippen LogP contribution is 2.33. The first kappa shape index (κ1) is 18.5. The predicted octanol–water partition coefficient (Wildman–Crippen LogP) is 2.63. The van der Waals surface area contributed by atoms with Crippen LogP contribution in [0.5, 0.6) is 0 Å². The van der Waals surface area contributed by atoms with Crippen LogP contribution >= 0.6 is 0 Å². The lowest BCUT2D eigenvalue weighted by Crippen LogP contribution is -2.44. The maximum atomic E-state index is 4.72.